The zero-order valence-electron chi connectivity index (χ0n) is 18.1. The molecule has 0 aromatic carbocycles. The van der Waals surface area contributed by atoms with Gasteiger partial charge in [-0.2, -0.15) is 0 Å². The fourth-order valence-electron chi connectivity index (χ4n) is 4.58. The molecule has 0 atom stereocenters. The van der Waals surface area contributed by atoms with Crippen LogP contribution in [-0.2, 0) is 0 Å². The van der Waals surface area contributed by atoms with Crippen LogP contribution in [0.5, 0.6) is 0 Å². The Bertz CT molecular complexity index is 238. The van der Waals surface area contributed by atoms with Crippen LogP contribution < -0.4 is 0 Å². The summed E-state index contributed by atoms with van der Waals surface area (Å²) in [4.78, 5) is 2.60. The third-order valence-electron chi connectivity index (χ3n) is 6.95. The minimum absolute atomic E-state index is 0.748. The van der Waals surface area contributed by atoms with Crippen LogP contribution in [0, 0.1) is 35.5 Å². The van der Waals surface area contributed by atoms with Gasteiger partial charge in [-0.05, 0) is 101 Å². The van der Waals surface area contributed by atoms with Crippen LogP contribution in [0.15, 0.2) is 0 Å². The van der Waals surface area contributed by atoms with Gasteiger partial charge in [0.05, 0.1) is 0 Å². The molecular weight excluding hydrogens is 290 g/mol. The van der Waals surface area contributed by atoms with Crippen molar-refractivity contribution < 1.29 is 0 Å². The first-order chi connectivity index (χ1) is 11.2. The van der Waals surface area contributed by atoms with Gasteiger partial charge in [-0.3, -0.25) is 0 Å². The largest absolute Gasteiger partial charge is 0.301 e. The fourth-order valence-corrected chi connectivity index (χ4v) is 4.58. The molecule has 0 aromatic rings. The second-order valence-electron chi connectivity index (χ2n) is 9.87. The molecule has 1 saturated carbocycles. The minimum atomic E-state index is 0.748. The molecule has 2 aliphatic rings. The predicted octanol–water partition coefficient (Wildman–Crippen LogP) is 6.87. The van der Waals surface area contributed by atoms with Crippen molar-refractivity contribution in [1.29, 1.82) is 0 Å². The molecular formula is C23H47N. The zero-order valence-corrected chi connectivity index (χ0v) is 18.1. The minimum Gasteiger partial charge on any atom is -0.301 e. The standard InChI is InChI=1S/C12H24.C11H23N/c2*1-9(2)11-5-7-12(8-6-11)10(3)4/h9-12H,5-8H2,1-4H3;9-11H,5-8H2,1-4H3. The van der Waals surface area contributed by atoms with E-state index >= 15 is 0 Å². The van der Waals surface area contributed by atoms with Gasteiger partial charge in [0.1, 0.15) is 0 Å². The Labute approximate surface area is 154 Å². The van der Waals surface area contributed by atoms with Crippen molar-refractivity contribution in [2.75, 3.05) is 13.1 Å². The van der Waals surface area contributed by atoms with E-state index < -0.39 is 0 Å². The van der Waals surface area contributed by atoms with Gasteiger partial charge in [0.25, 0.3) is 0 Å². The summed E-state index contributed by atoms with van der Waals surface area (Å²) in [6.07, 6.45) is 8.77. The van der Waals surface area contributed by atoms with Crippen LogP contribution in [-0.4, -0.2) is 24.0 Å². The Hall–Kier alpha value is -0.0400. The molecule has 0 unspecified atom stereocenters. The Morgan fingerprint density at radius 2 is 0.792 bits per heavy atom. The maximum atomic E-state index is 2.60. The van der Waals surface area contributed by atoms with Gasteiger partial charge < -0.3 is 4.90 Å². The van der Waals surface area contributed by atoms with E-state index in [0.717, 1.165) is 41.5 Å². The maximum absolute atomic E-state index is 2.60. The Balaban J connectivity index is 0.000000240. The molecule has 144 valence electrons. The van der Waals surface area contributed by atoms with Gasteiger partial charge in [-0.15, -0.1) is 0 Å². The fraction of sp³-hybridized carbons (Fsp3) is 1.00. The molecule has 1 aliphatic heterocycles. The van der Waals surface area contributed by atoms with Crippen LogP contribution in [0.4, 0.5) is 0 Å². The average Bonchev–Trinajstić information content (AvgIpc) is 2.55. The molecule has 0 N–H and O–H groups in total. The highest BCUT2D eigenvalue weighted by Crippen LogP contribution is 2.36. The molecule has 1 nitrogen and oxygen atoms in total. The lowest BCUT2D eigenvalue weighted by molar-refractivity contribution is 0.129. The van der Waals surface area contributed by atoms with E-state index in [9.17, 15) is 0 Å². The SMILES string of the molecule is CC(C)C1CCC(C(C)C)CC1.CC(C)C1CCN(C(C)C)CC1. The molecule has 2 fully saturated rings. The lowest BCUT2D eigenvalue weighted by Crippen LogP contribution is -2.39. The Morgan fingerprint density at radius 3 is 1.04 bits per heavy atom. The van der Waals surface area contributed by atoms with Gasteiger partial charge in [0.2, 0.25) is 0 Å². The molecule has 0 amide bonds. The van der Waals surface area contributed by atoms with Crippen molar-refractivity contribution in [2.45, 2.75) is 100.0 Å². The second-order valence-corrected chi connectivity index (χ2v) is 9.87. The van der Waals surface area contributed by atoms with Crippen LogP contribution >= 0.6 is 0 Å². The molecule has 1 saturated heterocycles. The summed E-state index contributed by atoms with van der Waals surface area (Å²) in [7, 11) is 0. The van der Waals surface area contributed by atoms with Gasteiger partial charge >= 0.3 is 0 Å². The van der Waals surface area contributed by atoms with Crippen molar-refractivity contribution in [3.8, 4) is 0 Å². The summed E-state index contributed by atoms with van der Waals surface area (Å²) < 4.78 is 0. The van der Waals surface area contributed by atoms with Crippen molar-refractivity contribution in [1.82, 2.24) is 4.90 Å². The van der Waals surface area contributed by atoms with E-state index in [1.807, 2.05) is 0 Å². The Morgan fingerprint density at radius 1 is 0.500 bits per heavy atom. The van der Waals surface area contributed by atoms with Crippen LogP contribution in [0.1, 0.15) is 93.9 Å². The number of hydrogen-bond acceptors (Lipinski definition) is 1. The molecule has 0 aromatic heterocycles. The van der Waals surface area contributed by atoms with E-state index in [-0.39, 0.29) is 0 Å². The summed E-state index contributed by atoms with van der Waals surface area (Å²) >= 11 is 0. The maximum Gasteiger partial charge on any atom is 0.00385 e. The quantitative estimate of drug-likeness (QED) is 0.541. The Kier molecular flexibility index (Phi) is 9.94. The normalized spacial score (nSPS) is 27.0. The molecule has 1 heteroatoms. The van der Waals surface area contributed by atoms with Crippen molar-refractivity contribution in [3.05, 3.63) is 0 Å². The van der Waals surface area contributed by atoms with Crippen LogP contribution in [0.25, 0.3) is 0 Å². The number of piperidine rings is 1. The second kappa shape index (κ2) is 10.8. The highest BCUT2D eigenvalue weighted by atomic mass is 15.1. The highest BCUT2D eigenvalue weighted by molar-refractivity contribution is 4.76. The third kappa shape index (κ3) is 7.46. The molecule has 1 heterocycles. The molecule has 1 aliphatic carbocycles. The third-order valence-corrected chi connectivity index (χ3v) is 6.95. The first-order valence-electron chi connectivity index (χ1n) is 11.0. The van der Waals surface area contributed by atoms with E-state index in [2.05, 4.69) is 60.3 Å². The lowest BCUT2D eigenvalue weighted by atomic mass is 9.73. The molecule has 24 heavy (non-hydrogen) atoms. The number of hydrogen-bond donors (Lipinski definition) is 0. The van der Waals surface area contributed by atoms with E-state index in [1.165, 1.54) is 51.6 Å². The van der Waals surface area contributed by atoms with E-state index in [4.69, 9.17) is 0 Å². The van der Waals surface area contributed by atoms with Crippen molar-refractivity contribution >= 4 is 0 Å². The van der Waals surface area contributed by atoms with Gasteiger partial charge in [0.15, 0.2) is 0 Å². The molecule has 0 bridgehead atoms. The summed E-state index contributed by atoms with van der Waals surface area (Å²) in [5, 5.41) is 0. The number of nitrogens with zero attached hydrogens (tertiary/aromatic N) is 1. The molecule has 0 radical (unpaired) electrons. The van der Waals surface area contributed by atoms with Gasteiger partial charge in [-0.25, -0.2) is 0 Å². The number of likely N-dealkylation sites (tertiary alicyclic amines) is 1. The van der Waals surface area contributed by atoms with E-state index in [1.54, 1.807) is 0 Å². The predicted molar refractivity (Wildman–Crippen MR) is 109 cm³/mol. The first kappa shape index (κ1) is 22.0. The zero-order chi connectivity index (χ0) is 18.3. The highest BCUT2D eigenvalue weighted by Gasteiger charge is 2.24. The summed E-state index contributed by atoms with van der Waals surface area (Å²) in [5.74, 6) is 5.76. The molecule has 0 spiro atoms. The van der Waals surface area contributed by atoms with Crippen molar-refractivity contribution in [3.63, 3.8) is 0 Å². The van der Waals surface area contributed by atoms with Crippen LogP contribution in [0.3, 0.4) is 0 Å². The van der Waals surface area contributed by atoms with Crippen molar-refractivity contribution in [2.24, 2.45) is 35.5 Å². The summed E-state index contributed by atoms with van der Waals surface area (Å²) in [6, 6.07) is 0.748. The summed E-state index contributed by atoms with van der Waals surface area (Å²) in [6.45, 7) is 21.5. The van der Waals surface area contributed by atoms with Crippen LogP contribution in [0.2, 0.25) is 0 Å². The smallest absolute Gasteiger partial charge is 0.00385 e. The first-order valence-corrected chi connectivity index (χ1v) is 11.0. The van der Waals surface area contributed by atoms with E-state index in [0.29, 0.717) is 0 Å². The van der Waals surface area contributed by atoms with Gasteiger partial charge in [-0.1, -0.05) is 41.5 Å². The number of rotatable bonds is 4. The lowest BCUT2D eigenvalue weighted by Gasteiger charge is -2.36. The topological polar surface area (TPSA) is 3.24 Å². The average molecular weight is 338 g/mol. The monoisotopic (exact) mass is 337 g/mol. The summed E-state index contributed by atoms with van der Waals surface area (Å²) in [5.41, 5.74) is 0. The van der Waals surface area contributed by atoms with Gasteiger partial charge in [0, 0.05) is 6.04 Å². The molecule has 2 rings (SSSR count).